The van der Waals surface area contributed by atoms with Gasteiger partial charge in [0, 0.05) is 34.8 Å². The summed E-state index contributed by atoms with van der Waals surface area (Å²) in [5.41, 5.74) is 3.54. The Labute approximate surface area is 169 Å². The zero-order chi connectivity index (χ0) is 20.2. The first-order valence-electron chi connectivity index (χ1n) is 9.83. The average Bonchev–Trinajstić information content (AvgIpc) is 3.58. The number of hydrogen-bond acceptors (Lipinski definition) is 3. The minimum atomic E-state index is -0.170. The van der Waals surface area contributed by atoms with Crippen LogP contribution >= 0.6 is 0 Å². The molecule has 2 aromatic carbocycles. The molecular weight excluding hydrogens is 362 g/mol. The summed E-state index contributed by atoms with van der Waals surface area (Å²) in [6.07, 6.45) is 7.03. The summed E-state index contributed by atoms with van der Waals surface area (Å²) < 4.78 is 0. The number of pyridine rings is 1. The highest BCUT2D eigenvalue weighted by Gasteiger charge is 2.29. The second kappa shape index (κ2) is 8.27. The van der Waals surface area contributed by atoms with Crippen LogP contribution in [-0.4, -0.2) is 16.8 Å². The third kappa shape index (κ3) is 4.69. The molecule has 1 atom stereocenters. The van der Waals surface area contributed by atoms with Gasteiger partial charge in [-0.25, -0.2) is 0 Å². The largest absolute Gasteiger partial charge is 0.346 e. The van der Waals surface area contributed by atoms with E-state index in [2.05, 4.69) is 15.6 Å². The molecule has 1 saturated carbocycles. The van der Waals surface area contributed by atoms with Gasteiger partial charge < -0.3 is 10.6 Å². The number of para-hydroxylation sites is 1. The number of hydrogen-bond donors (Lipinski definition) is 2. The van der Waals surface area contributed by atoms with Gasteiger partial charge in [-0.2, -0.15) is 0 Å². The second-order valence-electron chi connectivity index (χ2n) is 7.37. The third-order valence-corrected chi connectivity index (χ3v) is 5.06. The van der Waals surface area contributed by atoms with Crippen molar-refractivity contribution >= 4 is 34.5 Å². The lowest BCUT2D eigenvalue weighted by molar-refractivity contribution is -0.118. The Morgan fingerprint density at radius 3 is 2.59 bits per heavy atom. The van der Waals surface area contributed by atoms with Crippen molar-refractivity contribution in [2.75, 3.05) is 5.32 Å². The first-order chi connectivity index (χ1) is 14.1. The number of carbonyl (C=O) groups excluding carboxylic acids is 2. The van der Waals surface area contributed by atoms with E-state index in [1.165, 1.54) is 6.08 Å². The number of fused-ring (bicyclic) bond motifs is 1. The molecule has 0 spiro atoms. The lowest BCUT2D eigenvalue weighted by Gasteiger charge is -2.14. The first kappa shape index (κ1) is 18.9. The van der Waals surface area contributed by atoms with E-state index in [4.69, 9.17) is 0 Å². The molecule has 1 aliphatic rings. The van der Waals surface area contributed by atoms with Crippen LogP contribution in [0.25, 0.3) is 17.0 Å². The number of benzene rings is 2. The standard InChI is InChI=1S/C24H23N3O2/c1-16(17-9-12-21(13-10-17)27-24(29)20-7-8-20)26-22(28)14-11-19-5-2-4-18-6-3-15-25-23(18)19/h2-6,9-16,20H,7-8H2,1H3,(H,26,28)(H,27,29)/b14-11+. The Morgan fingerprint density at radius 1 is 1.07 bits per heavy atom. The van der Waals surface area contributed by atoms with Crippen molar-refractivity contribution in [3.8, 4) is 0 Å². The number of carbonyl (C=O) groups is 2. The molecule has 0 bridgehead atoms. The van der Waals surface area contributed by atoms with Crippen molar-refractivity contribution in [1.82, 2.24) is 10.3 Å². The van der Waals surface area contributed by atoms with Gasteiger partial charge >= 0.3 is 0 Å². The fraction of sp³-hybridized carbons (Fsp3) is 0.208. The van der Waals surface area contributed by atoms with Crippen LogP contribution in [-0.2, 0) is 9.59 Å². The van der Waals surface area contributed by atoms with Crippen molar-refractivity contribution < 1.29 is 9.59 Å². The van der Waals surface area contributed by atoms with Crippen LogP contribution in [0, 0.1) is 5.92 Å². The van der Waals surface area contributed by atoms with Crippen LogP contribution in [0.2, 0.25) is 0 Å². The fourth-order valence-electron chi connectivity index (χ4n) is 3.22. The molecule has 5 heteroatoms. The molecule has 0 aliphatic heterocycles. The van der Waals surface area contributed by atoms with Crippen molar-refractivity contribution in [2.45, 2.75) is 25.8 Å². The lowest BCUT2D eigenvalue weighted by Crippen LogP contribution is -2.24. The van der Waals surface area contributed by atoms with Crippen LogP contribution in [0.3, 0.4) is 0 Å². The van der Waals surface area contributed by atoms with Gasteiger partial charge in [-0.1, -0.05) is 36.4 Å². The first-order valence-corrected chi connectivity index (χ1v) is 9.83. The topological polar surface area (TPSA) is 71.1 Å². The van der Waals surface area contributed by atoms with Crippen LogP contribution in [0.15, 0.2) is 66.9 Å². The monoisotopic (exact) mass is 385 g/mol. The van der Waals surface area contributed by atoms with E-state index in [9.17, 15) is 9.59 Å². The highest BCUT2D eigenvalue weighted by molar-refractivity contribution is 5.96. The second-order valence-corrected chi connectivity index (χ2v) is 7.37. The molecule has 4 rings (SSSR count). The number of aromatic nitrogens is 1. The Morgan fingerprint density at radius 2 is 1.83 bits per heavy atom. The van der Waals surface area contributed by atoms with E-state index in [1.807, 2.05) is 61.5 Å². The summed E-state index contributed by atoms with van der Waals surface area (Å²) in [6, 6.07) is 17.2. The molecule has 1 heterocycles. The van der Waals surface area contributed by atoms with Gasteiger partial charge in [0.15, 0.2) is 0 Å². The van der Waals surface area contributed by atoms with E-state index in [0.29, 0.717) is 0 Å². The number of nitrogens with zero attached hydrogens (tertiary/aromatic N) is 1. The maximum atomic E-state index is 12.4. The molecule has 1 aromatic heterocycles. The van der Waals surface area contributed by atoms with Gasteiger partial charge in [-0.15, -0.1) is 0 Å². The third-order valence-electron chi connectivity index (χ3n) is 5.06. The van der Waals surface area contributed by atoms with Crippen LogP contribution in [0.4, 0.5) is 5.69 Å². The smallest absolute Gasteiger partial charge is 0.244 e. The molecule has 2 amide bonds. The Hall–Kier alpha value is -3.47. The highest BCUT2D eigenvalue weighted by Crippen LogP contribution is 2.30. The van der Waals surface area contributed by atoms with E-state index in [-0.39, 0.29) is 23.8 Å². The van der Waals surface area contributed by atoms with Crippen molar-refractivity contribution in [3.05, 3.63) is 78.0 Å². The van der Waals surface area contributed by atoms with Crippen LogP contribution < -0.4 is 10.6 Å². The van der Waals surface area contributed by atoms with Gasteiger partial charge in [0.2, 0.25) is 11.8 Å². The molecule has 5 nitrogen and oxygen atoms in total. The quantitative estimate of drug-likeness (QED) is 0.615. The van der Waals surface area contributed by atoms with Gasteiger partial charge in [0.25, 0.3) is 0 Å². The molecule has 2 N–H and O–H groups in total. The van der Waals surface area contributed by atoms with E-state index < -0.39 is 0 Å². The number of nitrogens with one attached hydrogen (secondary N) is 2. The van der Waals surface area contributed by atoms with Gasteiger partial charge in [-0.05, 0) is 49.6 Å². The molecule has 1 aliphatic carbocycles. The number of rotatable bonds is 6. The van der Waals surface area contributed by atoms with E-state index in [1.54, 1.807) is 12.3 Å². The molecule has 146 valence electrons. The Kier molecular flexibility index (Phi) is 5.38. The van der Waals surface area contributed by atoms with Crippen molar-refractivity contribution in [3.63, 3.8) is 0 Å². The molecule has 1 unspecified atom stereocenters. The molecule has 0 radical (unpaired) electrons. The number of amides is 2. The molecule has 29 heavy (non-hydrogen) atoms. The molecule has 1 fully saturated rings. The summed E-state index contributed by atoms with van der Waals surface area (Å²) in [4.78, 5) is 28.6. The van der Waals surface area contributed by atoms with Gasteiger partial charge in [-0.3, -0.25) is 14.6 Å². The van der Waals surface area contributed by atoms with Crippen molar-refractivity contribution in [1.29, 1.82) is 0 Å². The predicted octanol–water partition coefficient (Wildman–Crippen LogP) is 4.47. The summed E-state index contributed by atoms with van der Waals surface area (Å²) in [7, 11) is 0. The Bertz CT molecular complexity index is 1060. The lowest BCUT2D eigenvalue weighted by atomic mass is 10.1. The average molecular weight is 385 g/mol. The van der Waals surface area contributed by atoms with Gasteiger partial charge in [0.05, 0.1) is 11.6 Å². The summed E-state index contributed by atoms with van der Waals surface area (Å²) >= 11 is 0. The minimum absolute atomic E-state index is 0.0900. The van der Waals surface area contributed by atoms with Gasteiger partial charge in [0.1, 0.15) is 0 Å². The summed E-state index contributed by atoms with van der Waals surface area (Å²) in [5.74, 6) is 0.0975. The SMILES string of the molecule is CC(NC(=O)/C=C/c1cccc2cccnc12)c1ccc(NC(=O)C2CC2)cc1. The van der Waals surface area contributed by atoms with Crippen molar-refractivity contribution in [2.24, 2.45) is 5.92 Å². The van der Waals surface area contributed by atoms with Crippen LogP contribution in [0.5, 0.6) is 0 Å². The zero-order valence-electron chi connectivity index (χ0n) is 16.3. The van der Waals surface area contributed by atoms with E-state index >= 15 is 0 Å². The molecular formula is C24H23N3O2. The summed E-state index contributed by atoms with van der Waals surface area (Å²) in [6.45, 7) is 1.93. The zero-order valence-corrected chi connectivity index (χ0v) is 16.3. The predicted molar refractivity (Wildman–Crippen MR) is 115 cm³/mol. The molecule has 0 saturated heterocycles. The van der Waals surface area contributed by atoms with Crippen LogP contribution in [0.1, 0.15) is 36.9 Å². The normalized spacial score (nSPS) is 14.7. The Balaban J connectivity index is 1.37. The summed E-state index contributed by atoms with van der Waals surface area (Å²) in [5, 5.41) is 6.93. The maximum absolute atomic E-state index is 12.4. The van der Waals surface area contributed by atoms with E-state index in [0.717, 1.165) is 40.6 Å². The number of anilines is 1. The highest BCUT2D eigenvalue weighted by atomic mass is 16.2. The molecule has 3 aromatic rings. The minimum Gasteiger partial charge on any atom is -0.346 e. The fourth-order valence-corrected chi connectivity index (χ4v) is 3.22. The maximum Gasteiger partial charge on any atom is 0.244 e.